The summed E-state index contributed by atoms with van der Waals surface area (Å²) in [6.45, 7) is 8.14. The molecular weight excluding hydrogens is 420 g/mol. The molecule has 182 valence electrons. The van der Waals surface area contributed by atoms with Crippen molar-refractivity contribution in [1.29, 1.82) is 0 Å². The second-order valence-electron chi connectivity index (χ2n) is 9.81. The van der Waals surface area contributed by atoms with Crippen LogP contribution in [-0.4, -0.2) is 40.0 Å². The molecule has 0 aromatic heterocycles. The minimum atomic E-state index is -0.921. The second-order valence-corrected chi connectivity index (χ2v) is 9.81. The number of benzene rings is 1. The van der Waals surface area contributed by atoms with Gasteiger partial charge in [-0.15, -0.1) is 0 Å². The average molecular weight is 459 g/mol. The molecular formula is C25H38N4O4. The van der Waals surface area contributed by atoms with Gasteiger partial charge in [0.15, 0.2) is 0 Å². The fourth-order valence-corrected chi connectivity index (χ4v) is 3.79. The Bertz CT molecular complexity index is 834. The lowest BCUT2D eigenvalue weighted by molar-refractivity contribution is -0.148. The van der Waals surface area contributed by atoms with Gasteiger partial charge < -0.3 is 5.73 Å². The zero-order valence-electron chi connectivity index (χ0n) is 20.1. The highest BCUT2D eigenvalue weighted by Crippen LogP contribution is 2.34. The number of hydrazine groups is 1. The number of carbonyl (C=O) groups is 3. The number of nitrogens with two attached hydrogens (primary N) is 1. The molecule has 1 saturated carbocycles. The monoisotopic (exact) mass is 458 g/mol. The van der Waals surface area contributed by atoms with Crippen LogP contribution in [0.4, 0.5) is 0 Å². The van der Waals surface area contributed by atoms with E-state index < -0.39 is 29.2 Å². The summed E-state index contributed by atoms with van der Waals surface area (Å²) in [4.78, 5) is 38.8. The van der Waals surface area contributed by atoms with Crippen LogP contribution in [0.3, 0.4) is 0 Å². The molecule has 0 radical (unpaired) electrons. The summed E-state index contributed by atoms with van der Waals surface area (Å²) in [7, 11) is 0. The Morgan fingerprint density at radius 2 is 1.70 bits per heavy atom. The summed E-state index contributed by atoms with van der Waals surface area (Å²) < 4.78 is 0. The lowest BCUT2D eigenvalue weighted by atomic mass is 9.82. The standard InChI is InChI=1S/C25H38N4O4/c1-17(2)15-21(20(23(31)28-33)12-8-11-19-9-6-5-7-10-19)22(30)27-29(16-18(3)4)24(32)25(26)13-14-25/h5-11,17-18,20-21,33H,12-16,26H2,1-4H3,(H,27,30)(H,28,31)/t20-,21+/m0/s1. The van der Waals surface area contributed by atoms with Crippen molar-refractivity contribution in [2.24, 2.45) is 29.4 Å². The van der Waals surface area contributed by atoms with Crippen molar-refractivity contribution in [3.05, 3.63) is 42.0 Å². The fraction of sp³-hybridized carbons (Fsp3) is 0.560. The molecule has 3 amide bonds. The molecule has 2 atom stereocenters. The van der Waals surface area contributed by atoms with E-state index in [0.29, 0.717) is 25.8 Å². The number of amides is 3. The van der Waals surface area contributed by atoms with Crippen molar-refractivity contribution in [1.82, 2.24) is 15.9 Å². The number of nitrogens with one attached hydrogen (secondary N) is 2. The third-order valence-electron chi connectivity index (χ3n) is 5.75. The number of carbonyl (C=O) groups excluding carboxylic acids is 3. The molecule has 1 aromatic rings. The fourth-order valence-electron chi connectivity index (χ4n) is 3.79. The molecule has 8 nitrogen and oxygen atoms in total. The van der Waals surface area contributed by atoms with Gasteiger partial charge >= 0.3 is 0 Å². The third kappa shape index (κ3) is 7.98. The molecule has 8 heteroatoms. The van der Waals surface area contributed by atoms with E-state index >= 15 is 0 Å². The van der Waals surface area contributed by atoms with Gasteiger partial charge in [-0.25, -0.2) is 5.48 Å². The molecule has 0 spiro atoms. The summed E-state index contributed by atoms with van der Waals surface area (Å²) in [5.74, 6) is -2.68. The van der Waals surface area contributed by atoms with E-state index in [1.807, 2.05) is 70.2 Å². The van der Waals surface area contributed by atoms with Crippen LogP contribution in [0.15, 0.2) is 36.4 Å². The Labute approximate surface area is 196 Å². The highest BCUT2D eigenvalue weighted by atomic mass is 16.5. The molecule has 0 bridgehead atoms. The van der Waals surface area contributed by atoms with Gasteiger partial charge in [-0.1, -0.05) is 70.2 Å². The summed E-state index contributed by atoms with van der Waals surface area (Å²) in [5.41, 5.74) is 10.6. The largest absolute Gasteiger partial charge is 0.317 e. The van der Waals surface area contributed by atoms with Gasteiger partial charge in [-0.3, -0.25) is 30.0 Å². The van der Waals surface area contributed by atoms with Gasteiger partial charge in [0.1, 0.15) is 0 Å². The van der Waals surface area contributed by atoms with Gasteiger partial charge in [-0.2, -0.15) is 0 Å². The maximum atomic E-state index is 13.4. The highest BCUT2D eigenvalue weighted by molar-refractivity contribution is 5.92. The predicted octanol–water partition coefficient (Wildman–Crippen LogP) is 2.88. The van der Waals surface area contributed by atoms with Crippen LogP contribution in [0.25, 0.3) is 6.08 Å². The first-order valence-corrected chi connectivity index (χ1v) is 11.6. The van der Waals surface area contributed by atoms with Crippen LogP contribution < -0.4 is 16.6 Å². The van der Waals surface area contributed by atoms with E-state index in [0.717, 1.165) is 5.56 Å². The molecule has 1 fully saturated rings. The summed E-state index contributed by atoms with van der Waals surface area (Å²) >= 11 is 0. The zero-order chi connectivity index (χ0) is 24.6. The van der Waals surface area contributed by atoms with E-state index in [9.17, 15) is 19.6 Å². The van der Waals surface area contributed by atoms with Gasteiger partial charge in [0.2, 0.25) is 11.8 Å². The first-order valence-electron chi connectivity index (χ1n) is 11.6. The SMILES string of the molecule is CC(C)C[C@@H](C(=O)NN(CC(C)C)C(=O)C1(N)CC1)[C@H](CC=Cc1ccccc1)C(=O)NO. The average Bonchev–Trinajstić information content (AvgIpc) is 3.52. The molecule has 0 heterocycles. The first kappa shape index (κ1) is 26.5. The van der Waals surface area contributed by atoms with Crippen LogP contribution in [0, 0.1) is 23.7 Å². The van der Waals surface area contributed by atoms with E-state index in [-0.39, 0.29) is 24.2 Å². The Balaban J connectivity index is 2.23. The van der Waals surface area contributed by atoms with Crippen molar-refractivity contribution >= 4 is 23.8 Å². The number of hydrogen-bond donors (Lipinski definition) is 4. The van der Waals surface area contributed by atoms with Crippen LogP contribution >= 0.6 is 0 Å². The summed E-state index contributed by atoms with van der Waals surface area (Å²) in [6, 6.07) is 9.62. The minimum Gasteiger partial charge on any atom is -0.317 e. The minimum absolute atomic E-state index is 0.116. The third-order valence-corrected chi connectivity index (χ3v) is 5.75. The number of hydroxylamine groups is 1. The van der Waals surface area contributed by atoms with Crippen LogP contribution in [0.2, 0.25) is 0 Å². The van der Waals surface area contributed by atoms with Gasteiger partial charge in [0.25, 0.3) is 5.91 Å². The van der Waals surface area contributed by atoms with E-state index in [2.05, 4.69) is 5.43 Å². The maximum Gasteiger partial charge on any atom is 0.261 e. The number of hydrogen-bond acceptors (Lipinski definition) is 5. The highest BCUT2D eigenvalue weighted by Gasteiger charge is 2.49. The van der Waals surface area contributed by atoms with Crippen LogP contribution in [-0.2, 0) is 14.4 Å². The molecule has 1 aliphatic carbocycles. The van der Waals surface area contributed by atoms with Crippen molar-refractivity contribution < 1.29 is 19.6 Å². The number of allylic oxidation sites excluding steroid dienone is 1. The number of rotatable bonds is 11. The maximum absolute atomic E-state index is 13.4. The van der Waals surface area contributed by atoms with Gasteiger partial charge in [0, 0.05) is 6.54 Å². The van der Waals surface area contributed by atoms with Crippen LogP contribution in [0.5, 0.6) is 0 Å². The molecule has 0 unspecified atom stereocenters. The lowest BCUT2D eigenvalue weighted by Crippen LogP contribution is -2.57. The predicted molar refractivity (Wildman–Crippen MR) is 127 cm³/mol. The second kappa shape index (κ2) is 12.0. The van der Waals surface area contributed by atoms with Crippen molar-refractivity contribution in [3.63, 3.8) is 0 Å². The lowest BCUT2D eigenvalue weighted by Gasteiger charge is -2.31. The Kier molecular flexibility index (Phi) is 9.61. The molecule has 0 saturated heterocycles. The van der Waals surface area contributed by atoms with E-state index in [1.54, 1.807) is 5.48 Å². The molecule has 2 rings (SSSR count). The molecule has 1 aromatic carbocycles. The van der Waals surface area contributed by atoms with E-state index in [4.69, 9.17) is 5.73 Å². The molecule has 0 aliphatic heterocycles. The van der Waals surface area contributed by atoms with Crippen LogP contribution in [0.1, 0.15) is 58.9 Å². The smallest absolute Gasteiger partial charge is 0.261 e. The topological polar surface area (TPSA) is 125 Å². The summed E-state index contributed by atoms with van der Waals surface area (Å²) in [5, 5.41) is 10.7. The normalized spacial score (nSPS) is 16.5. The Morgan fingerprint density at radius 1 is 1.06 bits per heavy atom. The van der Waals surface area contributed by atoms with Crippen molar-refractivity contribution in [2.75, 3.05) is 6.54 Å². The Hall–Kier alpha value is -2.71. The summed E-state index contributed by atoms with van der Waals surface area (Å²) in [6.07, 6.45) is 5.55. The molecule has 1 aliphatic rings. The molecule has 33 heavy (non-hydrogen) atoms. The van der Waals surface area contributed by atoms with Crippen molar-refractivity contribution in [3.8, 4) is 0 Å². The zero-order valence-corrected chi connectivity index (χ0v) is 20.1. The quantitative estimate of drug-likeness (QED) is 0.300. The van der Waals surface area contributed by atoms with Crippen molar-refractivity contribution in [2.45, 2.75) is 58.9 Å². The molecule has 5 N–H and O–H groups in total. The van der Waals surface area contributed by atoms with Gasteiger partial charge in [0.05, 0.1) is 17.4 Å². The van der Waals surface area contributed by atoms with E-state index in [1.165, 1.54) is 5.01 Å². The number of nitrogens with zero attached hydrogens (tertiary/aromatic N) is 1. The Morgan fingerprint density at radius 3 is 2.21 bits per heavy atom. The van der Waals surface area contributed by atoms with Gasteiger partial charge in [-0.05, 0) is 43.1 Å². The first-order chi connectivity index (χ1) is 15.6.